The molecule has 0 aromatic carbocycles. The van der Waals surface area contributed by atoms with Crippen molar-refractivity contribution < 1.29 is 4.74 Å². The van der Waals surface area contributed by atoms with Crippen LogP contribution < -0.4 is 5.73 Å². The highest BCUT2D eigenvalue weighted by molar-refractivity contribution is 4.81. The molecule has 2 nitrogen and oxygen atoms in total. The first kappa shape index (κ1) is 10.0. The lowest BCUT2D eigenvalue weighted by Gasteiger charge is -2.18. The van der Waals surface area contributed by atoms with E-state index in [0.29, 0.717) is 0 Å². The molecule has 1 aliphatic carbocycles. The molecule has 1 saturated carbocycles. The fourth-order valence-corrected chi connectivity index (χ4v) is 2.20. The van der Waals surface area contributed by atoms with Gasteiger partial charge in [0, 0.05) is 13.2 Å². The van der Waals surface area contributed by atoms with Crippen molar-refractivity contribution in [3.05, 3.63) is 0 Å². The topological polar surface area (TPSA) is 35.2 Å². The molecule has 12 heavy (non-hydrogen) atoms. The van der Waals surface area contributed by atoms with Crippen LogP contribution >= 0.6 is 0 Å². The Morgan fingerprint density at radius 3 is 2.75 bits per heavy atom. The summed E-state index contributed by atoms with van der Waals surface area (Å²) in [6.07, 6.45) is 5.32. The molecule has 1 rings (SSSR count). The van der Waals surface area contributed by atoms with Gasteiger partial charge in [0.15, 0.2) is 0 Å². The van der Waals surface area contributed by atoms with Gasteiger partial charge in [0.25, 0.3) is 0 Å². The van der Waals surface area contributed by atoms with Gasteiger partial charge in [-0.15, -0.1) is 0 Å². The summed E-state index contributed by atoms with van der Waals surface area (Å²) in [4.78, 5) is 0. The van der Waals surface area contributed by atoms with Crippen molar-refractivity contribution in [2.45, 2.75) is 38.6 Å². The molecule has 72 valence electrons. The maximum absolute atomic E-state index is 5.98. The molecular formula is C10H21NO. The van der Waals surface area contributed by atoms with E-state index in [1.807, 2.05) is 0 Å². The van der Waals surface area contributed by atoms with Crippen LogP contribution in [0.2, 0.25) is 0 Å². The third kappa shape index (κ3) is 2.46. The maximum atomic E-state index is 5.98. The lowest BCUT2D eigenvalue weighted by molar-refractivity contribution is 0.157. The Labute approximate surface area is 75.5 Å². The fraction of sp³-hybridized carbons (Fsp3) is 1.00. The minimum Gasteiger partial charge on any atom is -0.383 e. The van der Waals surface area contributed by atoms with Crippen LogP contribution in [0.25, 0.3) is 0 Å². The summed E-state index contributed by atoms with van der Waals surface area (Å²) in [6, 6.07) is 0.270. The number of hydrogen-bond donors (Lipinski definition) is 1. The summed E-state index contributed by atoms with van der Waals surface area (Å²) in [5.41, 5.74) is 5.98. The van der Waals surface area contributed by atoms with E-state index in [1.165, 1.54) is 25.7 Å². The summed E-state index contributed by atoms with van der Waals surface area (Å²) in [6.45, 7) is 3.00. The summed E-state index contributed by atoms with van der Waals surface area (Å²) < 4.78 is 5.06. The van der Waals surface area contributed by atoms with Crippen molar-refractivity contribution in [2.75, 3.05) is 13.7 Å². The van der Waals surface area contributed by atoms with E-state index >= 15 is 0 Å². The first-order valence-electron chi connectivity index (χ1n) is 5.02. The second-order valence-electron chi connectivity index (χ2n) is 3.97. The molecule has 1 aliphatic rings. The number of rotatable bonds is 4. The summed E-state index contributed by atoms with van der Waals surface area (Å²) in [7, 11) is 1.73. The van der Waals surface area contributed by atoms with Crippen LogP contribution in [0.1, 0.15) is 32.6 Å². The third-order valence-corrected chi connectivity index (χ3v) is 3.12. The van der Waals surface area contributed by atoms with Gasteiger partial charge in [0.2, 0.25) is 0 Å². The van der Waals surface area contributed by atoms with Gasteiger partial charge in [0.1, 0.15) is 0 Å². The Bertz CT molecular complexity index is 127. The zero-order valence-corrected chi connectivity index (χ0v) is 8.25. The zero-order valence-electron chi connectivity index (χ0n) is 8.25. The van der Waals surface area contributed by atoms with E-state index in [4.69, 9.17) is 10.5 Å². The first-order chi connectivity index (χ1) is 5.77. The predicted molar refractivity (Wildman–Crippen MR) is 51.0 cm³/mol. The lowest BCUT2D eigenvalue weighted by Crippen LogP contribution is -2.33. The first-order valence-corrected chi connectivity index (χ1v) is 5.02. The van der Waals surface area contributed by atoms with E-state index in [-0.39, 0.29) is 6.04 Å². The van der Waals surface area contributed by atoms with Crippen LogP contribution in [-0.2, 0) is 4.74 Å². The fourth-order valence-electron chi connectivity index (χ4n) is 2.20. The maximum Gasteiger partial charge on any atom is 0.0616 e. The Morgan fingerprint density at radius 2 is 2.25 bits per heavy atom. The monoisotopic (exact) mass is 171 g/mol. The van der Waals surface area contributed by atoms with Gasteiger partial charge in [-0.1, -0.05) is 19.8 Å². The van der Waals surface area contributed by atoms with Crippen molar-refractivity contribution in [1.82, 2.24) is 0 Å². The molecule has 0 aromatic heterocycles. The molecule has 0 spiro atoms. The Balaban J connectivity index is 2.25. The van der Waals surface area contributed by atoms with Gasteiger partial charge < -0.3 is 10.5 Å². The summed E-state index contributed by atoms with van der Waals surface area (Å²) in [5, 5.41) is 0. The Hall–Kier alpha value is -0.0800. The largest absolute Gasteiger partial charge is 0.383 e. The Morgan fingerprint density at radius 1 is 1.50 bits per heavy atom. The molecule has 0 saturated heterocycles. The number of ether oxygens (including phenoxy) is 1. The molecule has 0 amide bonds. The molecule has 2 heteroatoms. The predicted octanol–water partition coefficient (Wildman–Crippen LogP) is 1.79. The van der Waals surface area contributed by atoms with Crippen molar-refractivity contribution in [3.8, 4) is 0 Å². The summed E-state index contributed by atoms with van der Waals surface area (Å²) in [5.74, 6) is 1.65. The van der Waals surface area contributed by atoms with Crippen LogP contribution in [0.3, 0.4) is 0 Å². The highest BCUT2D eigenvalue weighted by Gasteiger charge is 2.27. The average Bonchev–Trinajstić information content (AvgIpc) is 2.52. The van der Waals surface area contributed by atoms with Gasteiger partial charge in [-0.25, -0.2) is 0 Å². The van der Waals surface area contributed by atoms with E-state index in [0.717, 1.165) is 18.4 Å². The Kier molecular flexibility index (Phi) is 4.02. The van der Waals surface area contributed by atoms with Crippen molar-refractivity contribution >= 4 is 0 Å². The number of nitrogens with two attached hydrogens (primary N) is 1. The summed E-state index contributed by atoms with van der Waals surface area (Å²) >= 11 is 0. The molecular weight excluding hydrogens is 150 g/mol. The molecule has 2 N–H and O–H groups in total. The van der Waals surface area contributed by atoms with Gasteiger partial charge in [-0.05, 0) is 24.7 Å². The standard InChI is InChI=1S/C10H21NO/c1-3-8-4-5-9(6-8)10(11)7-12-2/h8-10H,3-7,11H2,1-2H3. The third-order valence-electron chi connectivity index (χ3n) is 3.12. The highest BCUT2D eigenvalue weighted by atomic mass is 16.5. The van der Waals surface area contributed by atoms with Crippen LogP contribution in [0, 0.1) is 11.8 Å². The molecule has 0 aliphatic heterocycles. The molecule has 0 heterocycles. The van der Waals surface area contributed by atoms with Crippen LogP contribution in [0.4, 0.5) is 0 Å². The van der Waals surface area contributed by atoms with Gasteiger partial charge >= 0.3 is 0 Å². The normalized spacial score (nSPS) is 32.2. The average molecular weight is 171 g/mol. The molecule has 0 aromatic rings. The molecule has 0 radical (unpaired) electrons. The van der Waals surface area contributed by atoms with E-state index in [2.05, 4.69) is 6.92 Å². The minimum absolute atomic E-state index is 0.270. The molecule has 3 atom stereocenters. The van der Waals surface area contributed by atoms with Crippen molar-refractivity contribution in [2.24, 2.45) is 17.6 Å². The minimum atomic E-state index is 0.270. The number of hydrogen-bond acceptors (Lipinski definition) is 2. The molecule has 0 bridgehead atoms. The number of methoxy groups -OCH3 is 1. The van der Waals surface area contributed by atoms with Crippen LogP contribution in [-0.4, -0.2) is 19.8 Å². The van der Waals surface area contributed by atoms with Crippen molar-refractivity contribution in [1.29, 1.82) is 0 Å². The molecule has 1 fully saturated rings. The van der Waals surface area contributed by atoms with Crippen LogP contribution in [0.5, 0.6) is 0 Å². The van der Waals surface area contributed by atoms with E-state index in [1.54, 1.807) is 7.11 Å². The van der Waals surface area contributed by atoms with Crippen LogP contribution in [0.15, 0.2) is 0 Å². The second-order valence-corrected chi connectivity index (χ2v) is 3.97. The zero-order chi connectivity index (χ0) is 8.97. The van der Waals surface area contributed by atoms with Gasteiger partial charge in [-0.2, -0.15) is 0 Å². The SMILES string of the molecule is CCC1CCC(C(N)COC)C1. The van der Waals surface area contributed by atoms with Gasteiger partial charge in [-0.3, -0.25) is 0 Å². The smallest absolute Gasteiger partial charge is 0.0616 e. The highest BCUT2D eigenvalue weighted by Crippen LogP contribution is 2.34. The van der Waals surface area contributed by atoms with E-state index < -0.39 is 0 Å². The van der Waals surface area contributed by atoms with Gasteiger partial charge in [0.05, 0.1) is 6.61 Å². The second kappa shape index (κ2) is 4.83. The van der Waals surface area contributed by atoms with Crippen molar-refractivity contribution in [3.63, 3.8) is 0 Å². The van der Waals surface area contributed by atoms with E-state index in [9.17, 15) is 0 Å². The molecule has 3 unspecified atom stereocenters. The lowest BCUT2D eigenvalue weighted by atomic mass is 9.97. The quantitative estimate of drug-likeness (QED) is 0.700.